The average Bonchev–Trinajstić information content (AvgIpc) is 2.37. The number of carbonyl (C=O) groups is 1. The van der Waals surface area contributed by atoms with E-state index in [4.69, 9.17) is 5.73 Å². The van der Waals surface area contributed by atoms with E-state index in [0.29, 0.717) is 5.91 Å². The highest BCUT2D eigenvalue weighted by molar-refractivity contribution is 5.79. The molecule has 1 aliphatic carbocycles. The summed E-state index contributed by atoms with van der Waals surface area (Å²) in [5.74, 6) is 0.528. The Morgan fingerprint density at radius 2 is 1.78 bits per heavy atom. The zero-order chi connectivity index (χ0) is 13.5. The molecule has 1 aliphatic rings. The number of nitrogens with zero attached hydrogens (tertiary/aromatic N) is 1. The van der Waals surface area contributed by atoms with Gasteiger partial charge in [0.15, 0.2) is 0 Å². The van der Waals surface area contributed by atoms with Crippen molar-refractivity contribution in [3.8, 4) is 0 Å². The number of hydrogen-bond donors (Lipinski definition) is 1. The number of likely N-dealkylation sites (N-methyl/N-ethyl adjacent to an activating group) is 1. The lowest BCUT2D eigenvalue weighted by Crippen LogP contribution is -2.51. The van der Waals surface area contributed by atoms with E-state index in [-0.39, 0.29) is 18.0 Å². The van der Waals surface area contributed by atoms with Crippen LogP contribution in [0.4, 0.5) is 0 Å². The maximum atomic E-state index is 12.5. The Labute approximate surface area is 112 Å². The van der Waals surface area contributed by atoms with Crippen molar-refractivity contribution in [3.63, 3.8) is 0 Å². The monoisotopic (exact) mass is 254 g/mol. The summed E-state index contributed by atoms with van der Waals surface area (Å²) in [7, 11) is 1.95. The zero-order valence-corrected chi connectivity index (χ0v) is 12.3. The topological polar surface area (TPSA) is 46.3 Å². The van der Waals surface area contributed by atoms with Crippen molar-refractivity contribution in [2.24, 2.45) is 11.7 Å². The Bertz CT molecular complexity index is 249. The van der Waals surface area contributed by atoms with Gasteiger partial charge in [-0.15, -0.1) is 0 Å². The van der Waals surface area contributed by atoms with E-state index in [1.807, 2.05) is 11.9 Å². The molecule has 0 aromatic carbocycles. The second-order valence-electron chi connectivity index (χ2n) is 5.74. The fourth-order valence-electron chi connectivity index (χ4n) is 3.16. The zero-order valence-electron chi connectivity index (χ0n) is 12.3. The van der Waals surface area contributed by atoms with Crippen LogP contribution in [0.3, 0.4) is 0 Å². The molecule has 2 N–H and O–H groups in total. The molecule has 0 aromatic rings. The summed E-state index contributed by atoms with van der Waals surface area (Å²) in [5.41, 5.74) is 6.17. The SMILES string of the molecule is CCCC(CCC)C(=O)N(C)C1CCCCC1N. The molecule has 1 fully saturated rings. The van der Waals surface area contributed by atoms with Gasteiger partial charge in [-0.05, 0) is 25.7 Å². The van der Waals surface area contributed by atoms with Gasteiger partial charge < -0.3 is 10.6 Å². The standard InChI is InChI=1S/C15H30N2O/c1-4-8-12(9-5-2)15(18)17(3)14-11-7-6-10-13(14)16/h12-14H,4-11,16H2,1-3H3. The fourth-order valence-corrected chi connectivity index (χ4v) is 3.16. The predicted octanol–water partition coefficient (Wildman–Crippen LogP) is 2.93. The van der Waals surface area contributed by atoms with Gasteiger partial charge >= 0.3 is 0 Å². The number of rotatable bonds is 6. The minimum Gasteiger partial charge on any atom is -0.341 e. The van der Waals surface area contributed by atoms with Crippen LogP contribution in [0.5, 0.6) is 0 Å². The van der Waals surface area contributed by atoms with Gasteiger partial charge in [0.1, 0.15) is 0 Å². The molecule has 0 aromatic heterocycles. The summed E-state index contributed by atoms with van der Waals surface area (Å²) in [5, 5.41) is 0. The summed E-state index contributed by atoms with van der Waals surface area (Å²) in [6.07, 6.45) is 8.76. The van der Waals surface area contributed by atoms with Gasteiger partial charge in [0, 0.05) is 25.0 Å². The van der Waals surface area contributed by atoms with E-state index in [1.54, 1.807) is 0 Å². The van der Waals surface area contributed by atoms with Crippen molar-refractivity contribution in [2.75, 3.05) is 7.05 Å². The Morgan fingerprint density at radius 3 is 2.28 bits per heavy atom. The van der Waals surface area contributed by atoms with E-state index in [2.05, 4.69) is 13.8 Å². The van der Waals surface area contributed by atoms with Crippen LogP contribution in [0, 0.1) is 5.92 Å². The summed E-state index contributed by atoms with van der Waals surface area (Å²) in [6.45, 7) is 4.31. The first-order valence-electron chi connectivity index (χ1n) is 7.64. The summed E-state index contributed by atoms with van der Waals surface area (Å²) in [6, 6.07) is 0.444. The van der Waals surface area contributed by atoms with Crippen molar-refractivity contribution >= 4 is 5.91 Å². The Balaban J connectivity index is 2.61. The molecule has 2 unspecified atom stereocenters. The Hall–Kier alpha value is -0.570. The third-order valence-electron chi connectivity index (χ3n) is 4.25. The predicted molar refractivity (Wildman–Crippen MR) is 76.3 cm³/mol. The van der Waals surface area contributed by atoms with Gasteiger partial charge in [0.05, 0.1) is 0 Å². The minimum atomic E-state index is 0.177. The van der Waals surface area contributed by atoms with E-state index < -0.39 is 0 Å². The van der Waals surface area contributed by atoms with Gasteiger partial charge in [-0.1, -0.05) is 39.5 Å². The van der Waals surface area contributed by atoms with Gasteiger partial charge in [0.2, 0.25) is 5.91 Å². The molecule has 0 aliphatic heterocycles. The number of nitrogens with two attached hydrogens (primary N) is 1. The van der Waals surface area contributed by atoms with Crippen LogP contribution in [0.1, 0.15) is 65.2 Å². The second-order valence-corrected chi connectivity index (χ2v) is 5.74. The van der Waals surface area contributed by atoms with E-state index in [0.717, 1.165) is 38.5 Å². The van der Waals surface area contributed by atoms with Crippen molar-refractivity contribution in [1.29, 1.82) is 0 Å². The average molecular weight is 254 g/mol. The molecule has 3 heteroatoms. The van der Waals surface area contributed by atoms with Gasteiger partial charge in [-0.25, -0.2) is 0 Å². The fraction of sp³-hybridized carbons (Fsp3) is 0.933. The van der Waals surface area contributed by atoms with Crippen molar-refractivity contribution in [2.45, 2.75) is 77.3 Å². The summed E-state index contributed by atoms with van der Waals surface area (Å²) in [4.78, 5) is 14.5. The highest BCUT2D eigenvalue weighted by Gasteiger charge is 2.31. The molecule has 1 rings (SSSR count). The molecule has 0 heterocycles. The van der Waals surface area contributed by atoms with Crippen LogP contribution in [-0.4, -0.2) is 29.9 Å². The van der Waals surface area contributed by atoms with Crippen LogP contribution in [0.25, 0.3) is 0 Å². The Morgan fingerprint density at radius 1 is 1.22 bits per heavy atom. The molecule has 1 saturated carbocycles. The van der Waals surface area contributed by atoms with Crippen LogP contribution >= 0.6 is 0 Å². The lowest BCUT2D eigenvalue weighted by molar-refractivity contribution is -0.137. The molecule has 1 amide bonds. The number of hydrogen-bond acceptors (Lipinski definition) is 2. The first-order valence-corrected chi connectivity index (χ1v) is 7.64. The third kappa shape index (κ3) is 3.98. The largest absolute Gasteiger partial charge is 0.341 e. The molecular formula is C15H30N2O. The van der Waals surface area contributed by atoms with E-state index in [1.165, 1.54) is 12.8 Å². The minimum absolute atomic E-state index is 0.177. The summed E-state index contributed by atoms with van der Waals surface area (Å²) < 4.78 is 0. The van der Waals surface area contributed by atoms with Gasteiger partial charge in [-0.2, -0.15) is 0 Å². The maximum Gasteiger partial charge on any atom is 0.225 e. The lowest BCUT2D eigenvalue weighted by atomic mass is 9.88. The second kappa shape index (κ2) is 7.78. The lowest BCUT2D eigenvalue weighted by Gasteiger charge is -2.37. The number of amides is 1. The molecule has 0 radical (unpaired) electrons. The van der Waals surface area contributed by atoms with Crippen molar-refractivity contribution in [1.82, 2.24) is 4.90 Å². The van der Waals surface area contributed by atoms with Crippen LogP contribution in [0.15, 0.2) is 0 Å². The quantitative estimate of drug-likeness (QED) is 0.792. The van der Waals surface area contributed by atoms with Crippen molar-refractivity contribution in [3.05, 3.63) is 0 Å². The first-order chi connectivity index (χ1) is 8.61. The van der Waals surface area contributed by atoms with E-state index in [9.17, 15) is 4.79 Å². The first kappa shape index (κ1) is 15.5. The number of carbonyl (C=O) groups excluding carboxylic acids is 1. The molecule has 3 nitrogen and oxygen atoms in total. The summed E-state index contributed by atoms with van der Waals surface area (Å²) >= 11 is 0. The van der Waals surface area contributed by atoms with E-state index >= 15 is 0 Å². The third-order valence-corrected chi connectivity index (χ3v) is 4.25. The molecule has 0 bridgehead atoms. The van der Waals surface area contributed by atoms with Crippen LogP contribution < -0.4 is 5.73 Å². The molecule has 2 atom stereocenters. The normalized spacial score (nSPS) is 24.3. The molecule has 0 saturated heterocycles. The van der Waals surface area contributed by atoms with Gasteiger partial charge in [0.25, 0.3) is 0 Å². The van der Waals surface area contributed by atoms with Gasteiger partial charge in [-0.3, -0.25) is 4.79 Å². The van der Waals surface area contributed by atoms with Crippen LogP contribution in [-0.2, 0) is 4.79 Å². The molecule has 106 valence electrons. The maximum absolute atomic E-state index is 12.5. The molecular weight excluding hydrogens is 224 g/mol. The molecule has 0 spiro atoms. The highest BCUT2D eigenvalue weighted by Crippen LogP contribution is 2.24. The highest BCUT2D eigenvalue weighted by atomic mass is 16.2. The molecule has 18 heavy (non-hydrogen) atoms. The smallest absolute Gasteiger partial charge is 0.225 e. The Kier molecular flexibility index (Phi) is 6.69. The van der Waals surface area contributed by atoms with Crippen molar-refractivity contribution < 1.29 is 4.79 Å². The van der Waals surface area contributed by atoms with Crippen LogP contribution in [0.2, 0.25) is 0 Å².